The quantitative estimate of drug-likeness (QED) is 0.595. The summed E-state index contributed by atoms with van der Waals surface area (Å²) in [6.45, 7) is 1.93. The van der Waals surface area contributed by atoms with E-state index in [1.165, 1.54) is 0 Å². The molecular formula is C14H14ClN3O. The molecule has 5 heteroatoms. The highest BCUT2D eigenvalue weighted by Crippen LogP contribution is 2.24. The van der Waals surface area contributed by atoms with Crippen molar-refractivity contribution in [3.05, 3.63) is 58.6 Å². The maximum absolute atomic E-state index is 12.2. The third-order valence-electron chi connectivity index (χ3n) is 2.70. The monoisotopic (exact) mass is 275 g/mol. The smallest absolute Gasteiger partial charge is 0.257 e. The van der Waals surface area contributed by atoms with Crippen molar-refractivity contribution in [2.45, 2.75) is 6.92 Å². The topological polar surface area (TPSA) is 67.2 Å². The number of carbonyl (C=O) groups is 1. The lowest BCUT2D eigenvalue weighted by Gasteiger charge is -2.11. The van der Waals surface area contributed by atoms with Crippen LogP contribution in [0.3, 0.4) is 0 Å². The highest BCUT2D eigenvalue weighted by molar-refractivity contribution is 6.34. The van der Waals surface area contributed by atoms with Crippen molar-refractivity contribution < 1.29 is 4.79 Å². The first-order valence-electron chi connectivity index (χ1n) is 5.75. The molecule has 98 valence electrons. The molecule has 0 radical (unpaired) electrons. The van der Waals surface area contributed by atoms with Crippen LogP contribution in [0.5, 0.6) is 0 Å². The van der Waals surface area contributed by atoms with Gasteiger partial charge in [0.15, 0.2) is 0 Å². The number of nitrogens with one attached hydrogen (secondary N) is 2. The highest BCUT2D eigenvalue weighted by atomic mass is 35.5. The first-order chi connectivity index (χ1) is 9.11. The van der Waals surface area contributed by atoms with Gasteiger partial charge in [0.05, 0.1) is 22.0 Å². The number of rotatable bonds is 3. The minimum absolute atomic E-state index is 0.263. The summed E-state index contributed by atoms with van der Waals surface area (Å²) >= 11 is 6.05. The second-order valence-corrected chi connectivity index (χ2v) is 4.53. The molecule has 0 heterocycles. The van der Waals surface area contributed by atoms with Crippen LogP contribution in [0.2, 0.25) is 5.02 Å². The first-order valence-corrected chi connectivity index (χ1v) is 6.13. The van der Waals surface area contributed by atoms with Gasteiger partial charge >= 0.3 is 0 Å². The number of aryl methyl sites for hydroxylation is 1. The number of hydrazine groups is 1. The van der Waals surface area contributed by atoms with E-state index >= 15 is 0 Å². The number of halogens is 1. The van der Waals surface area contributed by atoms with Gasteiger partial charge in [0.1, 0.15) is 0 Å². The number of para-hydroxylation sites is 1. The summed E-state index contributed by atoms with van der Waals surface area (Å²) in [6.07, 6.45) is 0. The molecule has 2 rings (SSSR count). The van der Waals surface area contributed by atoms with E-state index in [9.17, 15) is 4.79 Å². The molecule has 0 saturated carbocycles. The molecule has 0 spiro atoms. The van der Waals surface area contributed by atoms with Crippen molar-refractivity contribution in [2.75, 3.05) is 10.7 Å². The van der Waals surface area contributed by atoms with Crippen molar-refractivity contribution in [1.29, 1.82) is 0 Å². The summed E-state index contributed by atoms with van der Waals surface area (Å²) in [5, 5.41) is 3.27. The van der Waals surface area contributed by atoms with Gasteiger partial charge in [-0.1, -0.05) is 29.8 Å². The van der Waals surface area contributed by atoms with Crippen LogP contribution in [0.15, 0.2) is 42.5 Å². The number of hydrogen-bond acceptors (Lipinski definition) is 3. The van der Waals surface area contributed by atoms with E-state index < -0.39 is 0 Å². The van der Waals surface area contributed by atoms with Gasteiger partial charge in [-0.2, -0.15) is 0 Å². The summed E-state index contributed by atoms with van der Waals surface area (Å²) in [7, 11) is 0. The summed E-state index contributed by atoms with van der Waals surface area (Å²) < 4.78 is 0. The minimum atomic E-state index is -0.263. The largest absolute Gasteiger partial charge is 0.323 e. The predicted molar refractivity (Wildman–Crippen MR) is 78.4 cm³/mol. The van der Waals surface area contributed by atoms with Crippen molar-refractivity contribution in [3.63, 3.8) is 0 Å². The molecule has 0 aliphatic carbocycles. The van der Waals surface area contributed by atoms with E-state index in [-0.39, 0.29) is 5.91 Å². The van der Waals surface area contributed by atoms with Crippen molar-refractivity contribution in [2.24, 2.45) is 5.84 Å². The zero-order valence-corrected chi connectivity index (χ0v) is 11.2. The lowest BCUT2D eigenvalue weighted by Crippen LogP contribution is -2.17. The molecule has 2 aromatic carbocycles. The highest BCUT2D eigenvalue weighted by Gasteiger charge is 2.12. The van der Waals surface area contributed by atoms with E-state index in [2.05, 4.69) is 10.7 Å². The van der Waals surface area contributed by atoms with E-state index in [0.29, 0.717) is 22.0 Å². The normalized spacial score (nSPS) is 10.1. The second kappa shape index (κ2) is 5.73. The van der Waals surface area contributed by atoms with Crippen molar-refractivity contribution in [3.8, 4) is 0 Å². The lowest BCUT2D eigenvalue weighted by atomic mass is 10.1. The third-order valence-corrected chi connectivity index (χ3v) is 3.03. The zero-order valence-electron chi connectivity index (χ0n) is 10.4. The van der Waals surface area contributed by atoms with Crippen molar-refractivity contribution in [1.82, 2.24) is 0 Å². The fourth-order valence-electron chi connectivity index (χ4n) is 1.73. The van der Waals surface area contributed by atoms with Crippen LogP contribution in [0.1, 0.15) is 15.9 Å². The Kier molecular flexibility index (Phi) is 4.04. The SMILES string of the molecule is Cc1ccc(Cl)c(NC(=O)c2ccccc2NN)c1. The number of hydrogen-bond donors (Lipinski definition) is 3. The third kappa shape index (κ3) is 3.05. The Morgan fingerprint density at radius 2 is 1.89 bits per heavy atom. The van der Waals surface area contributed by atoms with Crippen LogP contribution >= 0.6 is 11.6 Å². The van der Waals surface area contributed by atoms with Crippen LogP contribution in [-0.2, 0) is 0 Å². The molecule has 0 aliphatic heterocycles. The molecule has 4 nitrogen and oxygen atoms in total. The Labute approximate surface area is 116 Å². The predicted octanol–water partition coefficient (Wildman–Crippen LogP) is 3.19. The molecule has 2 aromatic rings. The number of benzene rings is 2. The molecule has 0 bridgehead atoms. The van der Waals surface area contributed by atoms with Gasteiger partial charge in [-0.25, -0.2) is 0 Å². The Balaban J connectivity index is 2.28. The molecular weight excluding hydrogens is 262 g/mol. The maximum Gasteiger partial charge on any atom is 0.257 e. The van der Waals surface area contributed by atoms with E-state index in [1.54, 1.807) is 30.3 Å². The van der Waals surface area contributed by atoms with E-state index in [1.807, 2.05) is 19.1 Å². The zero-order chi connectivity index (χ0) is 13.8. The number of amides is 1. The number of carbonyl (C=O) groups excluding carboxylic acids is 1. The van der Waals surface area contributed by atoms with Gasteiger partial charge < -0.3 is 10.7 Å². The molecule has 0 aromatic heterocycles. The van der Waals surface area contributed by atoms with Crippen LogP contribution in [0.25, 0.3) is 0 Å². The Morgan fingerprint density at radius 3 is 2.63 bits per heavy atom. The van der Waals surface area contributed by atoms with Gasteiger partial charge in [0, 0.05) is 0 Å². The number of nitrogens with two attached hydrogens (primary N) is 1. The molecule has 4 N–H and O–H groups in total. The number of nitrogen functional groups attached to an aromatic ring is 1. The Morgan fingerprint density at radius 1 is 1.16 bits per heavy atom. The molecule has 0 atom stereocenters. The molecule has 1 amide bonds. The Bertz CT molecular complexity index is 613. The molecule has 0 unspecified atom stereocenters. The molecule has 19 heavy (non-hydrogen) atoms. The summed E-state index contributed by atoms with van der Waals surface area (Å²) in [4.78, 5) is 12.2. The maximum atomic E-state index is 12.2. The minimum Gasteiger partial charge on any atom is -0.323 e. The van der Waals surface area contributed by atoms with Crippen LogP contribution in [-0.4, -0.2) is 5.91 Å². The molecule has 0 aliphatic rings. The standard InChI is InChI=1S/C14H14ClN3O/c1-9-6-7-11(15)13(8-9)17-14(19)10-4-2-3-5-12(10)18-16/h2-8,18H,16H2,1H3,(H,17,19). The molecule has 0 saturated heterocycles. The van der Waals surface area contributed by atoms with Gasteiger partial charge in [0.25, 0.3) is 5.91 Å². The fraction of sp³-hybridized carbons (Fsp3) is 0.0714. The average molecular weight is 276 g/mol. The summed E-state index contributed by atoms with van der Waals surface area (Å²) in [6, 6.07) is 12.4. The van der Waals surface area contributed by atoms with Crippen molar-refractivity contribution >= 4 is 28.9 Å². The lowest BCUT2D eigenvalue weighted by molar-refractivity contribution is 0.102. The second-order valence-electron chi connectivity index (χ2n) is 4.13. The first kappa shape index (κ1) is 13.4. The van der Waals surface area contributed by atoms with Crippen LogP contribution < -0.4 is 16.6 Å². The van der Waals surface area contributed by atoms with Crippen LogP contribution in [0, 0.1) is 6.92 Å². The Hall–Kier alpha value is -2.04. The fourth-order valence-corrected chi connectivity index (χ4v) is 1.90. The number of anilines is 2. The van der Waals surface area contributed by atoms with E-state index in [0.717, 1.165) is 5.56 Å². The van der Waals surface area contributed by atoms with Gasteiger partial charge in [-0.05, 0) is 36.8 Å². The average Bonchev–Trinajstić information content (AvgIpc) is 2.42. The van der Waals surface area contributed by atoms with Gasteiger partial charge in [-0.15, -0.1) is 0 Å². The summed E-state index contributed by atoms with van der Waals surface area (Å²) in [5.41, 5.74) is 5.11. The molecule has 0 fully saturated rings. The summed E-state index contributed by atoms with van der Waals surface area (Å²) in [5.74, 6) is 5.12. The van der Waals surface area contributed by atoms with Crippen LogP contribution in [0.4, 0.5) is 11.4 Å². The van der Waals surface area contributed by atoms with Gasteiger partial charge in [0.2, 0.25) is 0 Å². The van der Waals surface area contributed by atoms with Gasteiger partial charge in [-0.3, -0.25) is 10.6 Å². The van der Waals surface area contributed by atoms with E-state index in [4.69, 9.17) is 17.4 Å².